The molecular weight excluding hydrogens is 246 g/mol. The summed E-state index contributed by atoms with van der Waals surface area (Å²) in [6, 6.07) is 6.40. The van der Waals surface area contributed by atoms with Gasteiger partial charge < -0.3 is 15.2 Å². The van der Waals surface area contributed by atoms with E-state index >= 15 is 0 Å². The lowest BCUT2D eigenvalue weighted by atomic mass is 9.87. The van der Waals surface area contributed by atoms with E-state index in [0.717, 1.165) is 25.4 Å². The van der Waals surface area contributed by atoms with Crippen LogP contribution in [0.2, 0.25) is 0 Å². The van der Waals surface area contributed by atoms with Gasteiger partial charge in [0, 0.05) is 11.3 Å². The van der Waals surface area contributed by atoms with Crippen molar-refractivity contribution >= 4 is 11.8 Å². The Balaban J connectivity index is 1.78. The summed E-state index contributed by atoms with van der Waals surface area (Å²) in [5.41, 5.74) is 9.07. The molecule has 1 fully saturated rings. The third kappa shape index (κ3) is 2.25. The van der Waals surface area contributed by atoms with Crippen molar-refractivity contribution < 1.29 is 9.47 Å². The number of fused-ring (bicyclic) bond motifs is 1. The topological polar surface area (TPSA) is 44.5 Å². The van der Waals surface area contributed by atoms with Crippen molar-refractivity contribution in [2.24, 2.45) is 5.73 Å². The molecule has 1 aliphatic heterocycles. The molecule has 2 N–H and O–H groups in total. The molecule has 1 aliphatic carbocycles. The van der Waals surface area contributed by atoms with Gasteiger partial charge in [-0.3, -0.25) is 0 Å². The fraction of sp³-hybridized carbons (Fsp3) is 0.571. The average Bonchev–Trinajstić information content (AvgIpc) is 2.35. The maximum Gasteiger partial charge on any atom is 0.119 e. The Hall–Kier alpha value is -0.710. The Kier molecular flexibility index (Phi) is 3.50. The maximum absolute atomic E-state index is 6.42. The van der Waals surface area contributed by atoms with E-state index in [-0.39, 0.29) is 6.04 Å². The van der Waals surface area contributed by atoms with Crippen LogP contribution in [0.5, 0.6) is 5.75 Å². The quantitative estimate of drug-likeness (QED) is 0.909. The Bertz CT molecular complexity index is 434. The second kappa shape index (κ2) is 5.11. The summed E-state index contributed by atoms with van der Waals surface area (Å²) in [7, 11) is 1.70. The second-order valence-corrected chi connectivity index (χ2v) is 6.51. The normalized spacial score (nSPS) is 27.4. The predicted molar refractivity (Wildman–Crippen MR) is 74.2 cm³/mol. The van der Waals surface area contributed by atoms with Gasteiger partial charge in [-0.15, -0.1) is 11.8 Å². The molecule has 1 saturated heterocycles. The lowest BCUT2D eigenvalue weighted by molar-refractivity contribution is 0.0452. The molecule has 0 aromatic heterocycles. The smallest absolute Gasteiger partial charge is 0.119 e. The Morgan fingerprint density at radius 3 is 2.89 bits per heavy atom. The van der Waals surface area contributed by atoms with Crippen LogP contribution in [0.3, 0.4) is 0 Å². The zero-order valence-electron chi connectivity index (χ0n) is 10.6. The first kappa shape index (κ1) is 12.3. The molecule has 0 saturated carbocycles. The third-order valence-corrected chi connectivity index (χ3v) is 5.32. The van der Waals surface area contributed by atoms with E-state index in [1.807, 2.05) is 17.8 Å². The first-order chi connectivity index (χ1) is 8.78. The van der Waals surface area contributed by atoms with Crippen LogP contribution in [-0.2, 0) is 11.2 Å². The third-order valence-electron chi connectivity index (χ3n) is 3.79. The number of rotatable bonds is 3. The molecule has 0 spiro atoms. The largest absolute Gasteiger partial charge is 0.497 e. The molecule has 2 aliphatic rings. The number of ether oxygens (including phenoxy) is 2. The standard InChI is InChI=1S/C14H19NO2S/c1-16-10-4-2-9-3-5-13(14(15)12(9)6-10)18-11-7-17-8-11/h2,4,6,11,13-14H,3,5,7-8,15H2,1H3. The molecule has 1 heterocycles. The number of nitrogens with two attached hydrogens (primary N) is 1. The minimum absolute atomic E-state index is 0.120. The molecule has 2 unspecified atom stereocenters. The van der Waals surface area contributed by atoms with E-state index < -0.39 is 0 Å². The Morgan fingerprint density at radius 1 is 1.39 bits per heavy atom. The van der Waals surface area contributed by atoms with E-state index in [4.69, 9.17) is 15.2 Å². The molecule has 0 radical (unpaired) electrons. The van der Waals surface area contributed by atoms with Crippen LogP contribution in [0.1, 0.15) is 23.6 Å². The number of methoxy groups -OCH3 is 1. The van der Waals surface area contributed by atoms with Crippen molar-refractivity contribution in [2.45, 2.75) is 29.4 Å². The number of thioether (sulfide) groups is 1. The van der Waals surface area contributed by atoms with Gasteiger partial charge in [-0.25, -0.2) is 0 Å². The number of hydrogen-bond acceptors (Lipinski definition) is 4. The van der Waals surface area contributed by atoms with Crippen molar-refractivity contribution in [1.82, 2.24) is 0 Å². The minimum atomic E-state index is 0.120. The summed E-state index contributed by atoms with van der Waals surface area (Å²) in [4.78, 5) is 0. The lowest BCUT2D eigenvalue weighted by Crippen LogP contribution is -2.37. The van der Waals surface area contributed by atoms with Gasteiger partial charge in [0.15, 0.2) is 0 Å². The summed E-state index contributed by atoms with van der Waals surface area (Å²) in [6.07, 6.45) is 2.29. The van der Waals surface area contributed by atoms with Gasteiger partial charge >= 0.3 is 0 Å². The van der Waals surface area contributed by atoms with Gasteiger partial charge in [-0.05, 0) is 36.1 Å². The van der Waals surface area contributed by atoms with Gasteiger partial charge in [-0.2, -0.15) is 0 Å². The van der Waals surface area contributed by atoms with Gasteiger partial charge in [0.1, 0.15) is 5.75 Å². The lowest BCUT2D eigenvalue weighted by Gasteiger charge is -2.35. The highest BCUT2D eigenvalue weighted by Gasteiger charge is 2.31. The highest BCUT2D eigenvalue weighted by Crippen LogP contribution is 2.39. The fourth-order valence-electron chi connectivity index (χ4n) is 2.61. The average molecular weight is 265 g/mol. The minimum Gasteiger partial charge on any atom is -0.497 e. The molecule has 0 bridgehead atoms. The van der Waals surface area contributed by atoms with Crippen LogP contribution in [0.15, 0.2) is 18.2 Å². The van der Waals surface area contributed by atoms with Crippen molar-refractivity contribution in [3.8, 4) is 5.75 Å². The van der Waals surface area contributed by atoms with Crippen LogP contribution < -0.4 is 10.5 Å². The molecular formula is C14H19NO2S. The summed E-state index contributed by atoms with van der Waals surface area (Å²) in [5.74, 6) is 0.904. The predicted octanol–water partition coefficient (Wildman–Crippen LogP) is 2.14. The first-order valence-corrected chi connectivity index (χ1v) is 7.38. The van der Waals surface area contributed by atoms with Crippen LogP contribution in [-0.4, -0.2) is 30.8 Å². The van der Waals surface area contributed by atoms with Crippen LogP contribution in [0.4, 0.5) is 0 Å². The molecule has 1 aromatic rings. The van der Waals surface area contributed by atoms with Crippen molar-refractivity contribution in [3.63, 3.8) is 0 Å². The van der Waals surface area contributed by atoms with E-state index in [9.17, 15) is 0 Å². The van der Waals surface area contributed by atoms with E-state index in [1.54, 1.807) is 7.11 Å². The summed E-state index contributed by atoms with van der Waals surface area (Å²) in [5, 5.41) is 1.16. The van der Waals surface area contributed by atoms with Gasteiger partial charge in [0.05, 0.1) is 25.6 Å². The molecule has 3 nitrogen and oxygen atoms in total. The number of aryl methyl sites for hydroxylation is 1. The van der Waals surface area contributed by atoms with Gasteiger partial charge in [-0.1, -0.05) is 6.07 Å². The van der Waals surface area contributed by atoms with Crippen molar-refractivity contribution in [1.29, 1.82) is 0 Å². The first-order valence-electron chi connectivity index (χ1n) is 6.43. The monoisotopic (exact) mass is 265 g/mol. The molecule has 98 valence electrons. The molecule has 4 heteroatoms. The van der Waals surface area contributed by atoms with E-state index in [1.165, 1.54) is 17.5 Å². The Labute approximate surface area is 112 Å². The summed E-state index contributed by atoms with van der Waals surface area (Å²) < 4.78 is 10.5. The highest BCUT2D eigenvalue weighted by atomic mass is 32.2. The van der Waals surface area contributed by atoms with Crippen LogP contribution >= 0.6 is 11.8 Å². The molecule has 3 rings (SSSR count). The van der Waals surface area contributed by atoms with Gasteiger partial charge in [0.25, 0.3) is 0 Å². The zero-order valence-corrected chi connectivity index (χ0v) is 11.4. The van der Waals surface area contributed by atoms with Crippen molar-refractivity contribution in [3.05, 3.63) is 29.3 Å². The van der Waals surface area contributed by atoms with Crippen LogP contribution in [0.25, 0.3) is 0 Å². The Morgan fingerprint density at radius 2 is 2.22 bits per heavy atom. The number of hydrogen-bond donors (Lipinski definition) is 1. The summed E-state index contributed by atoms with van der Waals surface area (Å²) >= 11 is 2.00. The van der Waals surface area contributed by atoms with Crippen LogP contribution in [0, 0.1) is 0 Å². The molecule has 18 heavy (non-hydrogen) atoms. The van der Waals surface area contributed by atoms with Crippen molar-refractivity contribution in [2.75, 3.05) is 20.3 Å². The molecule has 1 aromatic carbocycles. The second-order valence-electron chi connectivity index (χ2n) is 4.96. The zero-order chi connectivity index (χ0) is 12.5. The SMILES string of the molecule is COc1ccc2c(c1)C(N)C(SC1COC1)CC2. The fourth-order valence-corrected chi connectivity index (χ4v) is 4.02. The maximum atomic E-state index is 6.42. The number of benzene rings is 1. The van der Waals surface area contributed by atoms with Gasteiger partial charge in [0.2, 0.25) is 0 Å². The molecule has 2 atom stereocenters. The van der Waals surface area contributed by atoms with E-state index in [2.05, 4.69) is 12.1 Å². The van der Waals surface area contributed by atoms with E-state index in [0.29, 0.717) is 10.5 Å². The molecule has 0 amide bonds. The highest BCUT2D eigenvalue weighted by molar-refractivity contribution is 8.00. The summed E-state index contributed by atoms with van der Waals surface area (Å²) in [6.45, 7) is 1.78.